The van der Waals surface area contributed by atoms with Crippen molar-refractivity contribution in [3.05, 3.63) is 65.5 Å². The number of benzene rings is 2. The first-order valence-corrected chi connectivity index (χ1v) is 13.1. The van der Waals surface area contributed by atoms with E-state index in [1.54, 1.807) is 18.2 Å². The maximum atomic E-state index is 14.0. The van der Waals surface area contributed by atoms with E-state index in [0.717, 1.165) is 24.7 Å². The fraction of sp³-hybridized carbons (Fsp3) is 0.357. The standard InChI is InChI=1S/C28H30F3N7O3/c1-18(39)34-25-15-26(33-17-32-25)41-22-5-6-24-19(13-22)7-8-38(24)27(40)35-21-4-3-20(23(14-21)28(29,30)31)16-37-11-9-36(2)10-12-37/h3-6,13-15,17H,7-12,16H2,1-2H3,(H,35,40)(H,32,33,34,39). The van der Waals surface area contributed by atoms with Gasteiger partial charge in [0.1, 0.15) is 17.9 Å². The molecule has 5 rings (SSSR count). The number of carbonyl (C=O) groups is 2. The van der Waals surface area contributed by atoms with Crippen molar-refractivity contribution < 1.29 is 27.5 Å². The highest BCUT2D eigenvalue weighted by molar-refractivity contribution is 6.03. The summed E-state index contributed by atoms with van der Waals surface area (Å²) in [7, 11) is 1.99. The molecule has 3 amide bonds. The van der Waals surface area contributed by atoms with Gasteiger partial charge in [-0.3, -0.25) is 14.6 Å². The number of rotatable bonds is 6. The van der Waals surface area contributed by atoms with Crippen molar-refractivity contribution in [2.24, 2.45) is 0 Å². The van der Waals surface area contributed by atoms with E-state index in [1.807, 2.05) is 11.9 Å². The van der Waals surface area contributed by atoms with Gasteiger partial charge in [0.15, 0.2) is 0 Å². The smallest absolute Gasteiger partial charge is 0.416 e. The molecule has 1 aromatic heterocycles. The lowest BCUT2D eigenvalue weighted by Gasteiger charge is -2.33. The normalized spacial score (nSPS) is 15.9. The predicted molar refractivity (Wildman–Crippen MR) is 147 cm³/mol. The number of ether oxygens (including phenoxy) is 1. The molecule has 41 heavy (non-hydrogen) atoms. The number of hydrogen-bond donors (Lipinski definition) is 2. The van der Waals surface area contributed by atoms with Gasteiger partial charge in [-0.25, -0.2) is 14.8 Å². The summed E-state index contributed by atoms with van der Waals surface area (Å²) < 4.78 is 47.7. The number of likely N-dealkylation sites (N-methyl/N-ethyl adjacent to an activating group) is 1. The molecule has 13 heteroatoms. The number of fused-ring (bicyclic) bond motifs is 1. The molecule has 0 bridgehead atoms. The van der Waals surface area contributed by atoms with E-state index in [2.05, 4.69) is 25.5 Å². The highest BCUT2D eigenvalue weighted by Gasteiger charge is 2.35. The number of halogens is 3. The fourth-order valence-corrected chi connectivity index (χ4v) is 4.91. The summed E-state index contributed by atoms with van der Waals surface area (Å²) in [6, 6.07) is 10.1. The molecule has 1 fully saturated rings. The Morgan fingerprint density at radius 3 is 2.49 bits per heavy atom. The molecular weight excluding hydrogens is 539 g/mol. The summed E-state index contributed by atoms with van der Waals surface area (Å²) in [5.41, 5.74) is 0.999. The third-order valence-electron chi connectivity index (χ3n) is 7.02. The van der Waals surface area contributed by atoms with E-state index in [1.165, 1.54) is 36.4 Å². The molecule has 0 aliphatic carbocycles. The van der Waals surface area contributed by atoms with Crippen molar-refractivity contribution in [1.82, 2.24) is 19.8 Å². The van der Waals surface area contributed by atoms with Crippen LogP contribution in [0.4, 0.5) is 35.2 Å². The van der Waals surface area contributed by atoms with Crippen LogP contribution in [0.15, 0.2) is 48.8 Å². The highest BCUT2D eigenvalue weighted by atomic mass is 19.4. The number of anilines is 3. The average Bonchev–Trinajstić information content (AvgIpc) is 3.33. The fourth-order valence-electron chi connectivity index (χ4n) is 4.91. The zero-order valence-electron chi connectivity index (χ0n) is 22.7. The zero-order valence-corrected chi connectivity index (χ0v) is 22.7. The molecule has 2 N–H and O–H groups in total. The Hall–Kier alpha value is -4.23. The molecule has 3 heterocycles. The lowest BCUT2D eigenvalue weighted by Crippen LogP contribution is -2.44. The molecule has 1 saturated heterocycles. The third-order valence-corrected chi connectivity index (χ3v) is 7.02. The summed E-state index contributed by atoms with van der Waals surface area (Å²) in [5.74, 6) is 0.728. The summed E-state index contributed by atoms with van der Waals surface area (Å²) in [5, 5.41) is 5.19. The van der Waals surface area contributed by atoms with Crippen LogP contribution in [0.3, 0.4) is 0 Å². The van der Waals surface area contributed by atoms with Crippen LogP contribution in [-0.2, 0) is 23.9 Å². The minimum Gasteiger partial charge on any atom is -0.439 e. The van der Waals surface area contributed by atoms with Crippen LogP contribution in [0.2, 0.25) is 0 Å². The van der Waals surface area contributed by atoms with Gasteiger partial charge in [0.25, 0.3) is 0 Å². The van der Waals surface area contributed by atoms with Gasteiger partial charge in [-0.15, -0.1) is 0 Å². The van der Waals surface area contributed by atoms with E-state index in [-0.39, 0.29) is 29.6 Å². The van der Waals surface area contributed by atoms with Crippen LogP contribution in [0, 0.1) is 0 Å². The van der Waals surface area contributed by atoms with Crippen LogP contribution in [0.5, 0.6) is 11.6 Å². The SMILES string of the molecule is CC(=O)Nc1cc(Oc2ccc3c(c2)CCN3C(=O)Nc2ccc(CN3CCN(C)CC3)c(C(F)(F)F)c2)ncn1. The first-order chi connectivity index (χ1) is 19.5. The molecule has 2 aliphatic rings. The maximum Gasteiger partial charge on any atom is 0.416 e. The average molecular weight is 570 g/mol. The minimum absolute atomic E-state index is 0.0802. The summed E-state index contributed by atoms with van der Waals surface area (Å²) in [4.78, 5) is 38.0. The number of amides is 3. The molecule has 0 saturated carbocycles. The number of nitrogens with zero attached hydrogens (tertiary/aromatic N) is 5. The quantitative estimate of drug-likeness (QED) is 0.448. The summed E-state index contributed by atoms with van der Waals surface area (Å²) >= 11 is 0. The first kappa shape index (κ1) is 28.3. The van der Waals surface area contributed by atoms with Crippen molar-refractivity contribution in [1.29, 1.82) is 0 Å². The van der Waals surface area contributed by atoms with E-state index < -0.39 is 17.8 Å². The molecule has 10 nitrogen and oxygen atoms in total. The van der Waals surface area contributed by atoms with E-state index >= 15 is 0 Å². The molecular formula is C28H30F3N7O3. The first-order valence-electron chi connectivity index (χ1n) is 13.1. The van der Waals surface area contributed by atoms with Gasteiger partial charge in [-0.05, 0) is 54.9 Å². The molecule has 2 aliphatic heterocycles. The topological polar surface area (TPSA) is 103 Å². The lowest BCUT2D eigenvalue weighted by atomic mass is 10.0. The van der Waals surface area contributed by atoms with Gasteiger partial charge >= 0.3 is 12.2 Å². The lowest BCUT2D eigenvalue weighted by molar-refractivity contribution is -0.138. The van der Waals surface area contributed by atoms with Crippen LogP contribution in [0.25, 0.3) is 0 Å². The number of urea groups is 1. The Labute approximate surface area is 235 Å². The second kappa shape index (κ2) is 11.7. The largest absolute Gasteiger partial charge is 0.439 e. The summed E-state index contributed by atoms with van der Waals surface area (Å²) in [6.45, 7) is 4.93. The van der Waals surface area contributed by atoms with Crippen LogP contribution in [0.1, 0.15) is 23.6 Å². The van der Waals surface area contributed by atoms with E-state index in [0.29, 0.717) is 43.3 Å². The van der Waals surface area contributed by atoms with Crippen LogP contribution < -0.4 is 20.3 Å². The Bertz CT molecular complexity index is 1440. The maximum absolute atomic E-state index is 14.0. The number of hydrogen-bond acceptors (Lipinski definition) is 7. The van der Waals surface area contributed by atoms with Gasteiger partial charge in [0.05, 0.1) is 5.56 Å². The second-order valence-electron chi connectivity index (χ2n) is 10.1. The van der Waals surface area contributed by atoms with Gasteiger partial charge < -0.3 is 20.3 Å². The van der Waals surface area contributed by atoms with Crippen molar-refractivity contribution in [2.45, 2.75) is 26.1 Å². The van der Waals surface area contributed by atoms with E-state index in [9.17, 15) is 22.8 Å². The number of carbonyl (C=O) groups excluding carboxylic acids is 2. The van der Waals surface area contributed by atoms with Gasteiger partial charge in [-0.2, -0.15) is 13.2 Å². The van der Waals surface area contributed by atoms with Crippen molar-refractivity contribution in [2.75, 3.05) is 55.3 Å². The molecule has 3 aromatic rings. The van der Waals surface area contributed by atoms with Crippen molar-refractivity contribution >= 4 is 29.1 Å². The summed E-state index contributed by atoms with van der Waals surface area (Å²) in [6.07, 6.45) is -2.74. The monoisotopic (exact) mass is 569 g/mol. The van der Waals surface area contributed by atoms with Gasteiger partial charge in [-0.1, -0.05) is 6.07 Å². The Morgan fingerprint density at radius 1 is 0.976 bits per heavy atom. The predicted octanol–water partition coefficient (Wildman–Crippen LogP) is 4.59. The molecule has 0 spiro atoms. The molecule has 0 unspecified atom stereocenters. The Kier molecular flexibility index (Phi) is 8.08. The molecule has 0 atom stereocenters. The van der Waals surface area contributed by atoms with Crippen LogP contribution >= 0.6 is 0 Å². The highest BCUT2D eigenvalue weighted by Crippen LogP contribution is 2.36. The zero-order chi connectivity index (χ0) is 29.1. The Balaban J connectivity index is 1.27. The van der Waals surface area contributed by atoms with Gasteiger partial charge in [0, 0.05) is 63.6 Å². The van der Waals surface area contributed by atoms with Crippen LogP contribution in [-0.4, -0.2) is 71.5 Å². The minimum atomic E-state index is -4.55. The Morgan fingerprint density at radius 2 is 1.76 bits per heavy atom. The van der Waals surface area contributed by atoms with Crippen molar-refractivity contribution in [3.8, 4) is 11.6 Å². The van der Waals surface area contributed by atoms with Crippen molar-refractivity contribution in [3.63, 3.8) is 0 Å². The number of alkyl halides is 3. The molecule has 216 valence electrons. The number of aromatic nitrogens is 2. The molecule has 0 radical (unpaired) electrons. The third kappa shape index (κ3) is 6.92. The number of nitrogens with one attached hydrogen (secondary N) is 2. The van der Waals surface area contributed by atoms with Gasteiger partial charge in [0.2, 0.25) is 11.8 Å². The number of piperazine rings is 1. The second-order valence-corrected chi connectivity index (χ2v) is 10.1. The molecule has 2 aromatic carbocycles. The van der Waals surface area contributed by atoms with E-state index in [4.69, 9.17) is 4.74 Å².